The number of anilines is 1. The summed E-state index contributed by atoms with van der Waals surface area (Å²) in [5.74, 6) is -0.0546. The van der Waals surface area contributed by atoms with Gasteiger partial charge in [0.1, 0.15) is 19.0 Å². The average Bonchev–Trinajstić information content (AvgIpc) is 2.53. The fourth-order valence-corrected chi connectivity index (χ4v) is 1.94. The van der Waals surface area contributed by atoms with Gasteiger partial charge in [0.25, 0.3) is 0 Å². The minimum Gasteiger partial charge on any atom is -0.492 e. The Labute approximate surface area is 138 Å². The van der Waals surface area contributed by atoms with Crippen molar-refractivity contribution < 1.29 is 34.0 Å². The van der Waals surface area contributed by atoms with Crippen LogP contribution in [0.4, 0.5) is 10.5 Å². The first-order valence-electron chi connectivity index (χ1n) is 7.40. The van der Waals surface area contributed by atoms with E-state index >= 15 is 0 Å². The maximum atomic E-state index is 12.0. The van der Waals surface area contributed by atoms with E-state index in [2.05, 4.69) is 10.6 Å². The Hall–Kier alpha value is -2.68. The lowest BCUT2D eigenvalue weighted by molar-refractivity contribution is -0.155. The number of nitrogens with one attached hydrogen (secondary N) is 2. The number of aliphatic hydroxyl groups is 1. The number of hydrogen-bond acceptors (Lipinski definition) is 6. The van der Waals surface area contributed by atoms with Crippen molar-refractivity contribution in [2.75, 3.05) is 31.7 Å². The van der Waals surface area contributed by atoms with Gasteiger partial charge in [0, 0.05) is 12.1 Å². The van der Waals surface area contributed by atoms with E-state index < -0.39 is 24.1 Å². The van der Waals surface area contributed by atoms with E-state index in [-0.39, 0.29) is 0 Å². The summed E-state index contributed by atoms with van der Waals surface area (Å²) < 4.78 is 16.4. The van der Waals surface area contributed by atoms with Crippen molar-refractivity contribution in [2.45, 2.75) is 19.4 Å². The summed E-state index contributed by atoms with van der Waals surface area (Å²) in [6.07, 6.45) is 0. The smallest absolute Gasteiger partial charge is 0.337 e. The van der Waals surface area contributed by atoms with Crippen LogP contribution in [-0.2, 0) is 4.79 Å². The number of rotatable bonds is 6. The van der Waals surface area contributed by atoms with E-state index in [9.17, 15) is 14.7 Å². The molecule has 0 saturated carbocycles. The largest absolute Gasteiger partial charge is 0.492 e. The topological polar surface area (TPSA) is 126 Å². The second kappa shape index (κ2) is 7.26. The molecule has 0 spiro atoms. The van der Waals surface area contributed by atoms with Crippen molar-refractivity contribution in [3.63, 3.8) is 0 Å². The Morgan fingerprint density at radius 3 is 2.50 bits per heavy atom. The fraction of sp³-hybridized carbons (Fsp3) is 0.467. The van der Waals surface area contributed by atoms with Gasteiger partial charge in [0.2, 0.25) is 0 Å². The number of hydrogen-bond donors (Lipinski definition) is 4. The molecule has 132 valence electrons. The Bertz CT molecular complexity index is 630. The number of urea groups is 1. The number of benzene rings is 1. The molecule has 2 rings (SSSR count). The summed E-state index contributed by atoms with van der Waals surface area (Å²) in [4.78, 5) is 22.8. The van der Waals surface area contributed by atoms with Gasteiger partial charge < -0.3 is 35.1 Å². The van der Waals surface area contributed by atoms with Crippen molar-refractivity contribution in [2.24, 2.45) is 0 Å². The van der Waals surface area contributed by atoms with E-state index in [0.29, 0.717) is 42.8 Å². The molecule has 9 nitrogen and oxygen atoms in total. The first-order chi connectivity index (χ1) is 11.3. The lowest BCUT2D eigenvalue weighted by Gasteiger charge is -2.22. The molecule has 1 aromatic carbocycles. The van der Waals surface area contributed by atoms with E-state index in [4.69, 9.17) is 19.3 Å². The zero-order chi connectivity index (χ0) is 17.7. The third-order valence-corrected chi connectivity index (χ3v) is 3.25. The lowest BCUT2D eigenvalue weighted by Crippen LogP contribution is -2.47. The quantitative estimate of drug-likeness (QED) is 0.604. The third kappa shape index (κ3) is 4.19. The molecule has 9 heteroatoms. The SMILES string of the molecule is CCOc1cc2c(cc1NC(=O)NCC(C)(O)C(=O)O)OCCO2. The van der Waals surface area contributed by atoms with Crippen LogP contribution in [-0.4, -0.2) is 54.2 Å². The lowest BCUT2D eigenvalue weighted by atomic mass is 10.1. The van der Waals surface area contributed by atoms with Crippen LogP contribution in [0.25, 0.3) is 0 Å². The zero-order valence-corrected chi connectivity index (χ0v) is 13.4. The molecule has 1 unspecified atom stereocenters. The second-order valence-electron chi connectivity index (χ2n) is 5.31. The monoisotopic (exact) mass is 340 g/mol. The molecule has 4 N–H and O–H groups in total. The summed E-state index contributed by atoms with van der Waals surface area (Å²) in [5, 5.41) is 23.3. The molecule has 1 heterocycles. The minimum atomic E-state index is -2.06. The number of carbonyl (C=O) groups excluding carboxylic acids is 1. The number of amides is 2. The molecule has 24 heavy (non-hydrogen) atoms. The maximum absolute atomic E-state index is 12.0. The normalized spacial score (nSPS) is 15.1. The summed E-state index contributed by atoms with van der Waals surface area (Å²) in [6.45, 7) is 3.63. The van der Waals surface area contributed by atoms with Crippen LogP contribution in [0.15, 0.2) is 12.1 Å². The number of fused-ring (bicyclic) bond motifs is 1. The highest BCUT2D eigenvalue weighted by molar-refractivity contribution is 5.92. The van der Waals surface area contributed by atoms with E-state index in [1.807, 2.05) is 0 Å². The molecular formula is C15H20N2O7. The fourth-order valence-electron chi connectivity index (χ4n) is 1.94. The molecule has 1 aromatic rings. The van der Waals surface area contributed by atoms with Crippen LogP contribution in [0, 0.1) is 0 Å². The van der Waals surface area contributed by atoms with Crippen molar-refractivity contribution in [1.29, 1.82) is 0 Å². The van der Waals surface area contributed by atoms with E-state index in [0.717, 1.165) is 6.92 Å². The van der Waals surface area contributed by atoms with Gasteiger partial charge in [-0.1, -0.05) is 0 Å². The molecule has 0 saturated heterocycles. The number of carboxylic acid groups (broad SMARTS) is 1. The van der Waals surface area contributed by atoms with E-state index in [1.165, 1.54) is 0 Å². The standard InChI is InChI=1S/C15H20N2O7/c1-3-22-10-7-12-11(23-4-5-24-12)6-9(10)17-14(20)16-8-15(2,21)13(18)19/h6-7,21H,3-5,8H2,1-2H3,(H,18,19)(H2,16,17,20). The predicted molar refractivity (Wildman–Crippen MR) is 83.9 cm³/mol. The second-order valence-corrected chi connectivity index (χ2v) is 5.31. The summed E-state index contributed by atoms with van der Waals surface area (Å²) in [6, 6.07) is 2.49. The van der Waals surface area contributed by atoms with Crippen molar-refractivity contribution >= 4 is 17.7 Å². The van der Waals surface area contributed by atoms with Crippen molar-refractivity contribution in [3.8, 4) is 17.2 Å². The number of aliphatic carboxylic acids is 1. The summed E-state index contributed by atoms with van der Waals surface area (Å²) >= 11 is 0. The highest BCUT2D eigenvalue weighted by Crippen LogP contribution is 2.39. The van der Waals surface area contributed by atoms with Crippen LogP contribution in [0.5, 0.6) is 17.2 Å². The number of ether oxygens (including phenoxy) is 3. The van der Waals surface area contributed by atoms with Gasteiger partial charge >= 0.3 is 12.0 Å². The van der Waals surface area contributed by atoms with Crippen LogP contribution in [0.2, 0.25) is 0 Å². The number of carbonyl (C=O) groups is 2. The molecule has 0 aliphatic carbocycles. The number of carboxylic acids is 1. The average molecular weight is 340 g/mol. The predicted octanol–water partition coefficient (Wildman–Crippen LogP) is 0.814. The van der Waals surface area contributed by atoms with Crippen molar-refractivity contribution in [3.05, 3.63) is 12.1 Å². The van der Waals surface area contributed by atoms with Gasteiger partial charge in [-0.2, -0.15) is 0 Å². The zero-order valence-electron chi connectivity index (χ0n) is 13.4. The molecule has 0 aromatic heterocycles. The molecule has 0 bridgehead atoms. The van der Waals surface area contributed by atoms with Gasteiger partial charge in [0.05, 0.1) is 18.8 Å². The van der Waals surface area contributed by atoms with Crippen LogP contribution >= 0.6 is 0 Å². The first-order valence-corrected chi connectivity index (χ1v) is 7.40. The molecule has 1 aliphatic heterocycles. The molecule has 1 atom stereocenters. The Balaban J connectivity index is 2.10. The van der Waals surface area contributed by atoms with Gasteiger partial charge in [-0.3, -0.25) is 0 Å². The highest BCUT2D eigenvalue weighted by Gasteiger charge is 2.30. The Kier molecular flexibility index (Phi) is 5.35. The van der Waals surface area contributed by atoms with E-state index in [1.54, 1.807) is 19.1 Å². The van der Waals surface area contributed by atoms with Gasteiger partial charge in [0.15, 0.2) is 17.1 Å². The van der Waals surface area contributed by atoms with Gasteiger partial charge in [-0.15, -0.1) is 0 Å². The Morgan fingerprint density at radius 2 is 1.92 bits per heavy atom. The molecular weight excluding hydrogens is 320 g/mol. The first kappa shape index (κ1) is 17.7. The summed E-state index contributed by atoms with van der Waals surface area (Å²) in [7, 11) is 0. The Morgan fingerprint density at radius 1 is 1.29 bits per heavy atom. The van der Waals surface area contributed by atoms with Crippen LogP contribution in [0.1, 0.15) is 13.8 Å². The van der Waals surface area contributed by atoms with Gasteiger partial charge in [-0.25, -0.2) is 9.59 Å². The molecule has 1 aliphatic rings. The maximum Gasteiger partial charge on any atom is 0.337 e. The summed E-state index contributed by atoms with van der Waals surface area (Å²) in [5.41, 5.74) is -1.72. The van der Waals surface area contributed by atoms with Crippen molar-refractivity contribution in [1.82, 2.24) is 5.32 Å². The minimum absolute atomic E-state index is 0.341. The molecule has 0 radical (unpaired) electrons. The van der Waals surface area contributed by atoms with Gasteiger partial charge in [-0.05, 0) is 13.8 Å². The molecule has 0 fully saturated rings. The highest BCUT2D eigenvalue weighted by atomic mass is 16.6. The molecule has 2 amide bonds. The van der Waals surface area contributed by atoms with Crippen LogP contribution < -0.4 is 24.8 Å². The van der Waals surface area contributed by atoms with Crippen LogP contribution in [0.3, 0.4) is 0 Å². The third-order valence-electron chi connectivity index (χ3n) is 3.25.